The molecule has 0 unspecified atom stereocenters. The van der Waals surface area contributed by atoms with Crippen LogP contribution in [0, 0.1) is 6.92 Å². The molecule has 0 radical (unpaired) electrons. The fourth-order valence-electron chi connectivity index (χ4n) is 2.74. The minimum Gasteiger partial charge on any atom is -0.354 e. The summed E-state index contributed by atoms with van der Waals surface area (Å²) >= 11 is 0. The third-order valence-electron chi connectivity index (χ3n) is 3.86. The molecule has 7 nitrogen and oxygen atoms in total. The first-order valence-electron chi connectivity index (χ1n) is 7.24. The molecule has 112 valence electrons. The van der Waals surface area contributed by atoms with Gasteiger partial charge >= 0.3 is 0 Å². The topological polar surface area (TPSA) is 71.2 Å². The number of hydrogen-bond donors (Lipinski definition) is 0. The maximum atomic E-state index is 5.03. The first-order valence-corrected chi connectivity index (χ1v) is 7.24. The van der Waals surface area contributed by atoms with Crippen molar-refractivity contribution in [2.75, 3.05) is 25.0 Å². The van der Waals surface area contributed by atoms with E-state index < -0.39 is 0 Å². The van der Waals surface area contributed by atoms with Crippen molar-refractivity contribution in [3.05, 3.63) is 30.0 Å². The fraction of sp³-hybridized carbons (Fsp3) is 0.571. The van der Waals surface area contributed by atoms with Gasteiger partial charge in [-0.1, -0.05) is 5.16 Å². The van der Waals surface area contributed by atoms with Crippen molar-refractivity contribution >= 4 is 5.82 Å². The number of hydrogen-bond acceptors (Lipinski definition) is 7. The van der Waals surface area contributed by atoms with Gasteiger partial charge in [-0.15, -0.1) is 5.10 Å². The lowest BCUT2D eigenvalue weighted by molar-refractivity contribution is 0.200. The molecule has 0 aromatic carbocycles. The Morgan fingerprint density at radius 2 is 2.38 bits per heavy atom. The van der Waals surface area contributed by atoms with E-state index in [1.54, 1.807) is 6.20 Å². The van der Waals surface area contributed by atoms with E-state index in [0.717, 1.165) is 31.2 Å². The second-order valence-corrected chi connectivity index (χ2v) is 5.47. The van der Waals surface area contributed by atoms with E-state index in [1.165, 1.54) is 6.42 Å². The van der Waals surface area contributed by atoms with Crippen molar-refractivity contribution in [1.29, 1.82) is 0 Å². The van der Waals surface area contributed by atoms with E-state index in [4.69, 9.17) is 4.52 Å². The molecule has 0 spiro atoms. The minimum absolute atomic E-state index is 0.458. The molecule has 1 aliphatic heterocycles. The molecule has 0 aliphatic carbocycles. The molecule has 7 heteroatoms. The van der Waals surface area contributed by atoms with E-state index in [0.29, 0.717) is 18.5 Å². The number of nitrogens with zero attached hydrogens (tertiary/aromatic N) is 6. The van der Waals surface area contributed by atoms with Gasteiger partial charge < -0.3 is 9.42 Å². The van der Waals surface area contributed by atoms with Crippen molar-refractivity contribution in [2.45, 2.75) is 32.4 Å². The van der Waals surface area contributed by atoms with Crippen LogP contribution in [0.2, 0.25) is 0 Å². The molecule has 1 fully saturated rings. The molecule has 0 bridgehead atoms. The third kappa shape index (κ3) is 3.36. The van der Waals surface area contributed by atoms with Crippen molar-refractivity contribution in [2.24, 2.45) is 0 Å². The van der Waals surface area contributed by atoms with Gasteiger partial charge in [-0.3, -0.25) is 4.90 Å². The molecule has 0 saturated carbocycles. The highest BCUT2D eigenvalue weighted by molar-refractivity contribution is 5.37. The highest BCUT2D eigenvalue weighted by Gasteiger charge is 2.25. The van der Waals surface area contributed by atoms with Gasteiger partial charge in [0, 0.05) is 32.3 Å². The molecule has 0 N–H and O–H groups in total. The number of aryl methyl sites for hydroxylation is 1. The Morgan fingerprint density at radius 3 is 3.10 bits per heavy atom. The van der Waals surface area contributed by atoms with Crippen LogP contribution in [0.4, 0.5) is 5.82 Å². The molecule has 0 amide bonds. The minimum atomic E-state index is 0.458. The Hall–Kier alpha value is -2.02. The average Bonchev–Trinajstić information content (AvgIpc) is 2.93. The summed E-state index contributed by atoms with van der Waals surface area (Å²) in [6.45, 7) is 4.50. The fourth-order valence-corrected chi connectivity index (χ4v) is 2.74. The average molecular weight is 288 g/mol. The molecular formula is C14H20N6O. The van der Waals surface area contributed by atoms with Crippen LogP contribution >= 0.6 is 0 Å². The molecule has 21 heavy (non-hydrogen) atoms. The summed E-state index contributed by atoms with van der Waals surface area (Å²) in [5.74, 6) is 2.31. The van der Waals surface area contributed by atoms with Crippen molar-refractivity contribution in [3.63, 3.8) is 0 Å². The summed E-state index contributed by atoms with van der Waals surface area (Å²) in [7, 11) is 2.11. The lowest BCUT2D eigenvalue weighted by Crippen LogP contribution is -2.46. The summed E-state index contributed by atoms with van der Waals surface area (Å²) in [4.78, 5) is 8.84. The molecule has 3 heterocycles. The zero-order valence-corrected chi connectivity index (χ0v) is 12.4. The summed E-state index contributed by atoms with van der Waals surface area (Å²) in [5, 5.41) is 12.1. The van der Waals surface area contributed by atoms with Crippen LogP contribution in [0.1, 0.15) is 24.6 Å². The van der Waals surface area contributed by atoms with Gasteiger partial charge in [0.2, 0.25) is 5.89 Å². The van der Waals surface area contributed by atoms with E-state index in [1.807, 2.05) is 19.1 Å². The number of rotatable bonds is 4. The lowest BCUT2D eigenvalue weighted by Gasteiger charge is -2.37. The summed E-state index contributed by atoms with van der Waals surface area (Å²) in [6, 6.07) is 4.40. The van der Waals surface area contributed by atoms with Crippen LogP contribution in [0.15, 0.2) is 22.9 Å². The van der Waals surface area contributed by atoms with Crippen molar-refractivity contribution in [3.8, 4) is 0 Å². The number of piperidine rings is 1. The molecule has 2 aromatic heterocycles. The summed E-state index contributed by atoms with van der Waals surface area (Å²) in [5.41, 5.74) is 0. The van der Waals surface area contributed by atoms with Crippen LogP contribution in [0.25, 0.3) is 0 Å². The number of aromatic nitrogens is 4. The summed E-state index contributed by atoms with van der Waals surface area (Å²) in [6.07, 6.45) is 4.02. The molecule has 1 atom stereocenters. The van der Waals surface area contributed by atoms with Gasteiger partial charge in [-0.25, -0.2) is 0 Å². The smallest absolute Gasteiger partial charge is 0.223 e. The van der Waals surface area contributed by atoms with Crippen molar-refractivity contribution in [1.82, 2.24) is 25.2 Å². The lowest BCUT2D eigenvalue weighted by atomic mass is 10.0. The Labute approximate surface area is 124 Å². The molecule has 1 aliphatic rings. The molecular weight excluding hydrogens is 268 g/mol. The van der Waals surface area contributed by atoms with Gasteiger partial charge in [-0.2, -0.15) is 10.1 Å². The number of likely N-dealkylation sites (N-methyl/N-ethyl adjacent to an activating group) is 1. The third-order valence-corrected chi connectivity index (χ3v) is 3.86. The quantitative estimate of drug-likeness (QED) is 0.839. The SMILES string of the molecule is Cc1nc(CN(C)[C@H]2CCCN(c3cccnn3)C2)no1. The zero-order valence-electron chi connectivity index (χ0n) is 12.4. The Balaban J connectivity index is 1.62. The standard InChI is InChI=1S/C14H20N6O/c1-11-16-13(18-21-11)10-19(2)12-5-4-8-20(9-12)14-6-3-7-15-17-14/h3,6-7,12H,4-5,8-10H2,1-2H3/t12-/m0/s1. The Kier molecular flexibility index (Phi) is 4.10. The second-order valence-electron chi connectivity index (χ2n) is 5.47. The van der Waals surface area contributed by atoms with Crippen LogP contribution in [-0.2, 0) is 6.54 Å². The Morgan fingerprint density at radius 1 is 1.48 bits per heavy atom. The van der Waals surface area contributed by atoms with Gasteiger partial charge in [0.05, 0.1) is 6.54 Å². The first-order chi connectivity index (χ1) is 10.2. The van der Waals surface area contributed by atoms with Crippen LogP contribution in [0.5, 0.6) is 0 Å². The predicted octanol–water partition coefficient (Wildman–Crippen LogP) is 1.27. The first kappa shape index (κ1) is 13.9. The normalized spacial score (nSPS) is 19.2. The molecule has 1 saturated heterocycles. The summed E-state index contributed by atoms with van der Waals surface area (Å²) < 4.78 is 5.03. The highest BCUT2D eigenvalue weighted by atomic mass is 16.5. The monoisotopic (exact) mass is 288 g/mol. The van der Waals surface area contributed by atoms with Crippen LogP contribution < -0.4 is 4.90 Å². The maximum absolute atomic E-state index is 5.03. The van der Waals surface area contributed by atoms with Gasteiger partial charge in [0.1, 0.15) is 0 Å². The van der Waals surface area contributed by atoms with E-state index in [-0.39, 0.29) is 0 Å². The Bertz CT molecular complexity index is 572. The van der Waals surface area contributed by atoms with Crippen molar-refractivity contribution < 1.29 is 4.52 Å². The van der Waals surface area contributed by atoms with E-state index >= 15 is 0 Å². The highest BCUT2D eigenvalue weighted by Crippen LogP contribution is 2.20. The zero-order chi connectivity index (χ0) is 14.7. The number of anilines is 1. The van der Waals surface area contributed by atoms with Gasteiger partial charge in [0.25, 0.3) is 0 Å². The van der Waals surface area contributed by atoms with Gasteiger partial charge in [-0.05, 0) is 32.0 Å². The van der Waals surface area contributed by atoms with E-state index in [2.05, 4.69) is 37.2 Å². The van der Waals surface area contributed by atoms with E-state index in [9.17, 15) is 0 Å². The maximum Gasteiger partial charge on any atom is 0.223 e. The predicted molar refractivity (Wildman–Crippen MR) is 77.8 cm³/mol. The largest absolute Gasteiger partial charge is 0.354 e. The second kappa shape index (κ2) is 6.17. The molecule has 2 aromatic rings. The molecule has 3 rings (SSSR count). The van der Waals surface area contributed by atoms with Gasteiger partial charge in [0.15, 0.2) is 11.6 Å². The van der Waals surface area contributed by atoms with Crippen LogP contribution in [-0.4, -0.2) is 51.4 Å². The van der Waals surface area contributed by atoms with Crippen LogP contribution in [0.3, 0.4) is 0 Å².